The van der Waals surface area contributed by atoms with Crippen molar-refractivity contribution < 1.29 is 9.47 Å². The van der Waals surface area contributed by atoms with E-state index in [-0.39, 0.29) is 0 Å². The predicted molar refractivity (Wildman–Crippen MR) is 112 cm³/mol. The standard InChI is InChI=1S/C23H29N3O2/c1-19-7-6-8-20(17-19)28-14-5-4-11-26-22-10-3-2-9-21(22)24-23(26)18-25-12-15-27-16-13-25/h2-3,6-10,17H,4-5,11-16,18H2,1H3. The van der Waals surface area contributed by atoms with Crippen LogP contribution in [0.25, 0.3) is 11.0 Å². The Labute approximate surface area is 166 Å². The minimum atomic E-state index is 0.745. The molecule has 2 heterocycles. The van der Waals surface area contributed by atoms with Crippen molar-refractivity contribution in [3.8, 4) is 5.75 Å². The van der Waals surface area contributed by atoms with Crippen molar-refractivity contribution >= 4 is 11.0 Å². The van der Waals surface area contributed by atoms with Gasteiger partial charge in [-0.05, 0) is 49.6 Å². The van der Waals surface area contributed by atoms with E-state index in [1.54, 1.807) is 0 Å². The number of ether oxygens (including phenoxy) is 2. The van der Waals surface area contributed by atoms with Gasteiger partial charge in [0, 0.05) is 19.6 Å². The van der Waals surface area contributed by atoms with Gasteiger partial charge in [0.25, 0.3) is 0 Å². The highest BCUT2D eigenvalue weighted by atomic mass is 16.5. The Balaban J connectivity index is 1.37. The molecule has 1 aliphatic rings. The molecule has 1 aromatic heterocycles. The lowest BCUT2D eigenvalue weighted by atomic mass is 10.2. The molecule has 1 fully saturated rings. The molecule has 28 heavy (non-hydrogen) atoms. The molecule has 0 saturated carbocycles. The molecule has 0 N–H and O–H groups in total. The van der Waals surface area contributed by atoms with Crippen molar-refractivity contribution in [1.29, 1.82) is 0 Å². The fourth-order valence-electron chi connectivity index (χ4n) is 3.72. The van der Waals surface area contributed by atoms with Crippen molar-refractivity contribution in [3.05, 3.63) is 59.9 Å². The normalized spacial score (nSPS) is 15.2. The Kier molecular flexibility index (Phi) is 6.24. The molecule has 1 aliphatic heterocycles. The van der Waals surface area contributed by atoms with Crippen LogP contribution in [0.2, 0.25) is 0 Å². The first-order chi connectivity index (χ1) is 13.8. The summed E-state index contributed by atoms with van der Waals surface area (Å²) in [4.78, 5) is 7.34. The van der Waals surface area contributed by atoms with Gasteiger partial charge in [-0.1, -0.05) is 24.3 Å². The zero-order valence-electron chi connectivity index (χ0n) is 16.6. The van der Waals surface area contributed by atoms with E-state index >= 15 is 0 Å². The average Bonchev–Trinajstić information content (AvgIpc) is 3.06. The number of aryl methyl sites for hydroxylation is 2. The molecule has 0 spiro atoms. The van der Waals surface area contributed by atoms with Gasteiger partial charge in [-0.25, -0.2) is 4.98 Å². The Bertz CT molecular complexity index is 900. The maximum Gasteiger partial charge on any atom is 0.124 e. The van der Waals surface area contributed by atoms with Crippen LogP contribution in [-0.2, 0) is 17.8 Å². The molecule has 0 atom stereocenters. The Morgan fingerprint density at radius 1 is 1.04 bits per heavy atom. The van der Waals surface area contributed by atoms with Gasteiger partial charge in [0.2, 0.25) is 0 Å². The monoisotopic (exact) mass is 379 g/mol. The number of nitrogens with zero attached hydrogens (tertiary/aromatic N) is 3. The van der Waals surface area contributed by atoms with Crippen LogP contribution in [0.4, 0.5) is 0 Å². The maximum absolute atomic E-state index is 5.90. The molecule has 5 nitrogen and oxygen atoms in total. The number of rotatable bonds is 8. The lowest BCUT2D eigenvalue weighted by Gasteiger charge is -2.26. The van der Waals surface area contributed by atoms with Gasteiger partial charge < -0.3 is 14.0 Å². The van der Waals surface area contributed by atoms with Gasteiger partial charge in [-0.15, -0.1) is 0 Å². The van der Waals surface area contributed by atoms with E-state index in [9.17, 15) is 0 Å². The zero-order valence-corrected chi connectivity index (χ0v) is 16.6. The summed E-state index contributed by atoms with van der Waals surface area (Å²) in [6, 6.07) is 16.7. The van der Waals surface area contributed by atoms with Gasteiger partial charge in [-0.2, -0.15) is 0 Å². The quantitative estimate of drug-likeness (QED) is 0.554. The Morgan fingerprint density at radius 3 is 2.75 bits per heavy atom. The summed E-state index contributed by atoms with van der Waals surface area (Å²) >= 11 is 0. The zero-order chi connectivity index (χ0) is 19.2. The molecule has 3 aromatic rings. The number of morpholine rings is 1. The van der Waals surface area contributed by atoms with Crippen LogP contribution in [-0.4, -0.2) is 47.4 Å². The molecule has 0 aliphatic carbocycles. The molecule has 0 amide bonds. The van der Waals surface area contributed by atoms with Gasteiger partial charge in [-0.3, -0.25) is 4.90 Å². The fraction of sp³-hybridized carbons (Fsp3) is 0.435. The van der Waals surface area contributed by atoms with Crippen molar-refractivity contribution in [1.82, 2.24) is 14.5 Å². The van der Waals surface area contributed by atoms with E-state index in [1.165, 1.54) is 11.1 Å². The molecular formula is C23H29N3O2. The first-order valence-electron chi connectivity index (χ1n) is 10.2. The summed E-state index contributed by atoms with van der Waals surface area (Å²) in [6.07, 6.45) is 2.10. The third-order valence-electron chi connectivity index (χ3n) is 5.24. The lowest BCUT2D eigenvalue weighted by molar-refractivity contribution is 0.0326. The number of hydrogen-bond donors (Lipinski definition) is 0. The number of aromatic nitrogens is 2. The SMILES string of the molecule is Cc1cccc(OCCCCn2c(CN3CCOCC3)nc3ccccc32)c1. The molecular weight excluding hydrogens is 350 g/mol. The number of benzene rings is 2. The smallest absolute Gasteiger partial charge is 0.124 e. The number of imidazole rings is 1. The first-order valence-corrected chi connectivity index (χ1v) is 10.2. The van der Waals surface area contributed by atoms with Crippen molar-refractivity contribution in [2.24, 2.45) is 0 Å². The number of fused-ring (bicyclic) bond motifs is 1. The Hall–Kier alpha value is -2.37. The van der Waals surface area contributed by atoms with Crippen LogP contribution in [0, 0.1) is 6.92 Å². The van der Waals surface area contributed by atoms with Crippen LogP contribution in [0.15, 0.2) is 48.5 Å². The molecule has 148 valence electrons. The van der Waals surface area contributed by atoms with E-state index in [2.05, 4.69) is 52.8 Å². The van der Waals surface area contributed by atoms with E-state index in [1.807, 2.05) is 12.1 Å². The predicted octanol–water partition coefficient (Wildman–Crippen LogP) is 4.04. The van der Waals surface area contributed by atoms with Crippen LogP contribution in [0.1, 0.15) is 24.2 Å². The second kappa shape index (κ2) is 9.22. The number of unbranched alkanes of at least 4 members (excludes halogenated alkanes) is 1. The summed E-state index contributed by atoms with van der Waals surface area (Å²) < 4.78 is 13.8. The van der Waals surface area contributed by atoms with Crippen molar-refractivity contribution in [2.45, 2.75) is 32.9 Å². The minimum Gasteiger partial charge on any atom is -0.494 e. The largest absolute Gasteiger partial charge is 0.494 e. The number of para-hydroxylation sites is 2. The van der Waals surface area contributed by atoms with Gasteiger partial charge >= 0.3 is 0 Å². The van der Waals surface area contributed by atoms with Crippen molar-refractivity contribution in [2.75, 3.05) is 32.9 Å². The first kappa shape index (κ1) is 19.0. The highest BCUT2D eigenvalue weighted by Crippen LogP contribution is 2.19. The molecule has 5 heteroatoms. The summed E-state index contributed by atoms with van der Waals surface area (Å²) in [5, 5.41) is 0. The lowest BCUT2D eigenvalue weighted by Crippen LogP contribution is -2.36. The topological polar surface area (TPSA) is 39.5 Å². The van der Waals surface area contributed by atoms with Gasteiger partial charge in [0.1, 0.15) is 11.6 Å². The van der Waals surface area contributed by atoms with Crippen LogP contribution < -0.4 is 4.74 Å². The summed E-state index contributed by atoms with van der Waals surface area (Å²) in [7, 11) is 0. The highest BCUT2D eigenvalue weighted by Gasteiger charge is 2.16. The maximum atomic E-state index is 5.90. The summed E-state index contributed by atoms with van der Waals surface area (Å²) in [5.74, 6) is 2.11. The van der Waals surface area contributed by atoms with Crippen LogP contribution in [0.3, 0.4) is 0 Å². The minimum absolute atomic E-state index is 0.745. The van der Waals surface area contributed by atoms with Gasteiger partial charge in [0.05, 0.1) is 37.4 Å². The molecule has 0 bridgehead atoms. The van der Waals surface area contributed by atoms with E-state index < -0.39 is 0 Å². The van der Waals surface area contributed by atoms with Gasteiger partial charge in [0.15, 0.2) is 0 Å². The second-order valence-corrected chi connectivity index (χ2v) is 7.43. The fourth-order valence-corrected chi connectivity index (χ4v) is 3.72. The molecule has 0 radical (unpaired) electrons. The molecule has 0 unspecified atom stereocenters. The number of hydrogen-bond acceptors (Lipinski definition) is 4. The molecule has 4 rings (SSSR count). The molecule has 2 aromatic carbocycles. The third-order valence-corrected chi connectivity index (χ3v) is 5.24. The van der Waals surface area contributed by atoms with Crippen LogP contribution >= 0.6 is 0 Å². The second-order valence-electron chi connectivity index (χ2n) is 7.43. The van der Waals surface area contributed by atoms with Crippen molar-refractivity contribution in [3.63, 3.8) is 0 Å². The third kappa shape index (κ3) is 4.72. The van der Waals surface area contributed by atoms with E-state index in [4.69, 9.17) is 14.5 Å². The molecule has 1 saturated heterocycles. The van der Waals surface area contributed by atoms with E-state index in [0.29, 0.717) is 0 Å². The summed E-state index contributed by atoms with van der Waals surface area (Å²) in [5.41, 5.74) is 3.54. The average molecular weight is 380 g/mol. The highest BCUT2D eigenvalue weighted by molar-refractivity contribution is 5.75. The summed E-state index contributed by atoms with van der Waals surface area (Å²) in [6.45, 7) is 8.28. The Morgan fingerprint density at radius 2 is 1.89 bits per heavy atom. The van der Waals surface area contributed by atoms with E-state index in [0.717, 1.165) is 75.9 Å². The van der Waals surface area contributed by atoms with Crippen LogP contribution in [0.5, 0.6) is 5.75 Å².